The number of ether oxygens (including phenoxy) is 4. The maximum Gasteiger partial charge on any atom is 0.490 e. The van der Waals surface area contributed by atoms with Crippen molar-refractivity contribution in [1.29, 1.82) is 0 Å². The molecule has 0 aliphatic rings. The highest BCUT2D eigenvalue weighted by Gasteiger charge is 2.38. The van der Waals surface area contributed by atoms with E-state index in [0.29, 0.717) is 61.3 Å². The lowest BCUT2D eigenvalue weighted by Gasteiger charge is -2.23. The molecule has 0 aliphatic carbocycles. The number of hydrogen-bond acceptors (Lipinski definition) is 19. The van der Waals surface area contributed by atoms with Gasteiger partial charge in [-0.15, -0.1) is 0 Å². The minimum absolute atomic E-state index is 0.0947. The first-order valence-electron chi connectivity index (χ1n) is 42.2. The van der Waals surface area contributed by atoms with Crippen LogP contribution in [0, 0.1) is 0 Å². The molecule has 0 spiro atoms. The van der Waals surface area contributed by atoms with Gasteiger partial charge in [-0.05, 0) is 132 Å². The van der Waals surface area contributed by atoms with E-state index in [-0.39, 0.29) is 190 Å². The van der Waals surface area contributed by atoms with E-state index in [2.05, 4.69) is 73.8 Å². The summed E-state index contributed by atoms with van der Waals surface area (Å²) in [6, 6.07) is 59.1. The van der Waals surface area contributed by atoms with E-state index in [4.69, 9.17) is 46.0 Å². The van der Waals surface area contributed by atoms with Gasteiger partial charge in [-0.1, -0.05) is 146 Å². The Hall–Kier alpha value is -14.4. The minimum atomic E-state index is -5.08. The fourth-order valence-electron chi connectivity index (χ4n) is 12.6. The molecule has 0 saturated carbocycles. The van der Waals surface area contributed by atoms with Crippen LogP contribution in [0.5, 0.6) is 11.5 Å². The first kappa shape index (κ1) is 104. The van der Waals surface area contributed by atoms with Crippen LogP contribution >= 0.6 is 0 Å². The molecule has 21 N–H and O–H groups in total. The van der Waals surface area contributed by atoms with Crippen LogP contribution in [0.1, 0.15) is 112 Å². The summed E-state index contributed by atoms with van der Waals surface area (Å²) in [5.41, 5.74) is 23.8. The van der Waals surface area contributed by atoms with Gasteiger partial charge >= 0.3 is 24.2 Å². The zero-order valence-electron chi connectivity index (χ0n) is 72.2. The molecule has 2 atom stereocenters. The number of urea groups is 2. The van der Waals surface area contributed by atoms with Crippen molar-refractivity contribution in [1.82, 2.24) is 68.7 Å². The topological polar surface area (TPSA) is 536 Å². The van der Waals surface area contributed by atoms with E-state index < -0.39 is 59.9 Å². The van der Waals surface area contributed by atoms with Gasteiger partial charge in [0.1, 0.15) is 23.6 Å². The van der Waals surface area contributed by atoms with E-state index >= 15 is 0 Å². The number of phenolic OH excluding ortho intramolecular Hbond substituents is 2. The molecule has 0 fully saturated rings. The molecule has 131 heavy (non-hydrogen) atoms. The van der Waals surface area contributed by atoms with E-state index in [9.17, 15) is 71.3 Å². The van der Waals surface area contributed by atoms with Gasteiger partial charge in [0.2, 0.25) is 23.6 Å². The summed E-state index contributed by atoms with van der Waals surface area (Å²) in [4.78, 5) is 151. The number of carboxylic acid groups (broad SMARTS) is 1. The number of nitrogens with zero attached hydrogens (tertiary/aromatic N) is 3. The van der Waals surface area contributed by atoms with Crippen molar-refractivity contribution in [3.8, 4) is 11.5 Å². The monoisotopic (exact) mass is 1810 g/mol. The second kappa shape index (κ2) is 58.2. The molecule has 0 radical (unpaired) electrons. The summed E-state index contributed by atoms with van der Waals surface area (Å²) >= 11 is 0. The summed E-state index contributed by atoms with van der Waals surface area (Å²) in [7, 11) is 0. The Labute approximate surface area is 755 Å². The molecule has 0 aliphatic heterocycles. The summed E-state index contributed by atoms with van der Waals surface area (Å²) in [6.07, 6.45) is -3.92. The maximum atomic E-state index is 14.0. The third-order valence-corrected chi connectivity index (χ3v) is 19.3. The highest BCUT2D eigenvalue weighted by molar-refractivity contribution is 6.00. The van der Waals surface area contributed by atoms with E-state index in [1.807, 2.05) is 126 Å². The van der Waals surface area contributed by atoms with Crippen LogP contribution in [0.4, 0.5) is 22.8 Å². The number of guanidine groups is 2. The molecule has 39 heteroatoms. The van der Waals surface area contributed by atoms with Crippen molar-refractivity contribution in [3.63, 3.8) is 0 Å². The zero-order chi connectivity index (χ0) is 94.4. The Morgan fingerprint density at radius 2 is 0.634 bits per heavy atom. The number of carbonyl (C=O) groups is 11. The van der Waals surface area contributed by atoms with Gasteiger partial charge in [-0.3, -0.25) is 43.3 Å². The lowest BCUT2D eigenvalue weighted by atomic mass is 9.90. The van der Waals surface area contributed by atoms with Crippen LogP contribution in [-0.2, 0) is 56.0 Å². The van der Waals surface area contributed by atoms with Crippen molar-refractivity contribution >= 4 is 77.2 Å². The minimum Gasteiger partial charge on any atom is -0.508 e. The highest BCUT2D eigenvalue weighted by Crippen LogP contribution is 2.28. The Morgan fingerprint density at radius 1 is 0.351 bits per heavy atom. The van der Waals surface area contributed by atoms with Crippen molar-refractivity contribution < 1.29 is 100 Å². The van der Waals surface area contributed by atoms with Crippen molar-refractivity contribution in [3.05, 3.63) is 274 Å². The van der Waals surface area contributed by atoms with Gasteiger partial charge < -0.3 is 115 Å². The molecule has 0 unspecified atom stereocenters. The lowest BCUT2D eigenvalue weighted by molar-refractivity contribution is -0.192. The summed E-state index contributed by atoms with van der Waals surface area (Å²) in [6.45, 7) is 5.31. The number of aromatic hydroxyl groups is 2. The van der Waals surface area contributed by atoms with Crippen LogP contribution in [0.25, 0.3) is 0 Å². The number of phenols is 2. The van der Waals surface area contributed by atoms with E-state index in [1.165, 1.54) is 24.3 Å². The average molecular weight is 1820 g/mol. The van der Waals surface area contributed by atoms with Gasteiger partial charge in [-0.2, -0.15) is 23.2 Å². The van der Waals surface area contributed by atoms with Gasteiger partial charge in [-0.25, -0.2) is 14.4 Å². The fourth-order valence-corrected chi connectivity index (χ4v) is 12.6. The number of aliphatic carboxylic acids is 1. The van der Waals surface area contributed by atoms with Crippen LogP contribution in [0.2, 0.25) is 0 Å². The number of aliphatic imine (C=N–C) groups is 2. The number of nitrogens with two attached hydrogens (primary N) is 3. The molecule has 8 aromatic carbocycles. The third kappa shape index (κ3) is 40.2. The number of nitrogens with one attached hydrogen (secondary N) is 12. The average Bonchev–Trinajstić information content (AvgIpc) is 0.824. The van der Waals surface area contributed by atoms with E-state index in [1.54, 1.807) is 72.8 Å². The summed E-state index contributed by atoms with van der Waals surface area (Å²) in [5, 5.41) is 60.5. The molecule has 0 saturated heterocycles. The number of carbonyl (C=O) groups excluding carboxylic acids is 10. The van der Waals surface area contributed by atoms with Gasteiger partial charge in [0.05, 0.1) is 64.7 Å². The van der Waals surface area contributed by atoms with Gasteiger partial charge in [0, 0.05) is 114 Å². The van der Waals surface area contributed by atoms with E-state index in [0.717, 1.165) is 33.4 Å². The van der Waals surface area contributed by atoms with Crippen LogP contribution in [-0.4, -0.2) is 247 Å². The predicted octanol–water partition coefficient (Wildman–Crippen LogP) is 4.73. The standard InChI is InChI=1S/C90H112N18O16.C2HF3O2/c91-41-50-108(51-44-94-79(111)69-29-33-71(34-30-69)81(113)96-46-53-121-57-59-123-55-48-100-89(119)106-87(92)98-42-13-23-75(83(115)102-61-63-25-37-73(109)38-26-63)104-85(117)77(65-15-5-1-6-16-65)66-17-7-2-8-18-66)52-45-95-80(112)70-31-35-72(36-32-70)82(114)97-47-54-122-58-60-124-56-49-101-90(120)107-88(93)99-43-14-24-76(84(116)103-62-64-27-39-74(110)40-28-64)105-86(118)78(67-19-9-3-10-20-67)68-21-11-4-12-22-68;3-2(4,5)1(6)7/h1-12,15-22,25-40,75-78,109-110H,13-14,23-24,41-62,91H2,(H,94,111)(H,95,112)(H,96,113)(H,97,114)(H,102,115)(H,103,116)(H,104,117)(H,105,118)(H4,92,98,100,106,119)(H4,93,99,101,107,120);(H,6,7)/t75-,76-;/m1./s1. The number of carboxylic acids is 1. The molecule has 36 nitrogen and oxygen atoms in total. The first-order chi connectivity index (χ1) is 63.2. The summed E-state index contributed by atoms with van der Waals surface area (Å²) < 4.78 is 54.0. The molecule has 0 aromatic heterocycles. The Balaban J connectivity index is 0.00000321. The third-order valence-electron chi connectivity index (χ3n) is 19.3. The predicted molar refractivity (Wildman–Crippen MR) is 482 cm³/mol. The number of rotatable bonds is 52. The molecule has 0 heterocycles. The van der Waals surface area contributed by atoms with Crippen molar-refractivity contribution in [2.75, 3.05) is 131 Å². The largest absolute Gasteiger partial charge is 0.508 e. The Bertz CT molecular complexity index is 4550. The number of halogens is 3. The van der Waals surface area contributed by atoms with Crippen molar-refractivity contribution in [2.45, 2.75) is 68.9 Å². The van der Waals surface area contributed by atoms with Crippen LogP contribution in [0.15, 0.2) is 228 Å². The Kier molecular flexibility index (Phi) is 46.0. The molecular formula is C92H113F3N18O18. The molecule has 8 aromatic rings. The molecule has 700 valence electrons. The SMILES string of the molecule is NCCN(CCNC(=O)c1ccc(C(=O)NCCOCCOCCNC(=O)N=C(N)NCCC[C@@H](NC(=O)C(c2ccccc2)c2ccccc2)C(=O)NCc2ccc(O)cc2)cc1)CCNC(=O)c1ccc(C(=O)NCCOCCOCCNC(=O)N=C(N)NCCC[C@@H](NC(=O)C(c2ccccc2)c2ccccc2)C(=O)NCc2ccc(O)cc2)cc1.O=C(O)C(F)(F)F. The number of alkyl halides is 3. The number of benzene rings is 8. The van der Waals surface area contributed by atoms with Crippen LogP contribution in [0.3, 0.4) is 0 Å². The normalized spacial score (nSPS) is 11.8. The molecule has 12 amide bonds. The molecule has 8 rings (SSSR count). The second-order valence-electron chi connectivity index (χ2n) is 29.1. The molecular weight excluding hydrogens is 1700 g/mol. The number of hydrogen-bond donors (Lipinski definition) is 18. The fraction of sp³-hybridized carbons (Fsp3) is 0.337. The quantitative estimate of drug-likeness (QED) is 0.0139. The smallest absolute Gasteiger partial charge is 0.490 e. The molecule has 0 bridgehead atoms. The van der Waals surface area contributed by atoms with Crippen LogP contribution < -0.4 is 81.0 Å². The van der Waals surface area contributed by atoms with Crippen molar-refractivity contribution in [2.24, 2.45) is 27.2 Å². The Morgan fingerprint density at radius 3 is 0.916 bits per heavy atom. The first-order valence-corrected chi connectivity index (χ1v) is 42.2. The maximum absolute atomic E-state index is 14.0. The van der Waals surface area contributed by atoms with Gasteiger partial charge in [0.15, 0.2) is 11.9 Å². The lowest BCUT2D eigenvalue weighted by Crippen LogP contribution is -2.48. The second-order valence-corrected chi connectivity index (χ2v) is 29.1. The summed E-state index contributed by atoms with van der Waals surface area (Å²) in [5.74, 6) is -7.13. The zero-order valence-corrected chi connectivity index (χ0v) is 72.2. The highest BCUT2D eigenvalue weighted by atomic mass is 19.4. The number of amides is 12. The van der Waals surface area contributed by atoms with Gasteiger partial charge in [0.25, 0.3) is 23.6 Å².